The number of phenols is 1. The van der Waals surface area contributed by atoms with Gasteiger partial charge in [-0.1, -0.05) is 6.92 Å². The van der Waals surface area contributed by atoms with Crippen molar-refractivity contribution in [2.75, 3.05) is 11.1 Å². The molecule has 9 heteroatoms. The molecule has 0 fully saturated rings. The molecule has 7 nitrogen and oxygen atoms in total. The molecular weight excluding hydrogens is 398 g/mol. The fourth-order valence-corrected chi connectivity index (χ4v) is 3.25. The maximum Gasteiger partial charge on any atom is 0.226 e. The van der Waals surface area contributed by atoms with Gasteiger partial charge in [0.2, 0.25) is 5.91 Å². The summed E-state index contributed by atoms with van der Waals surface area (Å²) in [6.45, 7) is 3.78. The first-order chi connectivity index (χ1) is 11.2. The van der Waals surface area contributed by atoms with Crippen molar-refractivity contribution in [3.05, 3.63) is 34.6 Å². The van der Waals surface area contributed by atoms with Crippen LogP contribution in [0, 0.1) is 6.92 Å². The van der Waals surface area contributed by atoms with Crippen molar-refractivity contribution in [1.82, 2.24) is 9.78 Å². The van der Waals surface area contributed by atoms with Crippen LogP contribution in [0.3, 0.4) is 0 Å². The molecule has 0 spiro atoms. The molecular formula is C15H18BrN3O4S. The van der Waals surface area contributed by atoms with Gasteiger partial charge in [0.05, 0.1) is 33.6 Å². The van der Waals surface area contributed by atoms with Gasteiger partial charge in [0.1, 0.15) is 5.75 Å². The minimum absolute atomic E-state index is 0.0569. The maximum atomic E-state index is 12.1. The predicted molar refractivity (Wildman–Crippen MR) is 93.7 cm³/mol. The van der Waals surface area contributed by atoms with Crippen molar-refractivity contribution in [2.45, 2.75) is 31.7 Å². The van der Waals surface area contributed by atoms with Crippen molar-refractivity contribution < 1.29 is 18.3 Å². The first kappa shape index (κ1) is 18.5. The van der Waals surface area contributed by atoms with Crippen LogP contribution in [0.15, 0.2) is 33.8 Å². The SMILES string of the molecule is CCS(=O)(=O)c1ccc(O)c(NC(=O)CCn2ncc(Br)c2C)c1. The van der Waals surface area contributed by atoms with Crippen LogP contribution in [0.5, 0.6) is 5.75 Å². The lowest BCUT2D eigenvalue weighted by molar-refractivity contribution is -0.116. The summed E-state index contributed by atoms with van der Waals surface area (Å²) in [6, 6.07) is 3.84. The molecule has 2 aromatic rings. The Morgan fingerprint density at radius 1 is 1.42 bits per heavy atom. The van der Waals surface area contributed by atoms with E-state index < -0.39 is 9.84 Å². The summed E-state index contributed by atoms with van der Waals surface area (Å²) >= 11 is 3.35. The number of amides is 1. The molecule has 0 aliphatic heterocycles. The molecule has 2 rings (SSSR count). The van der Waals surface area contributed by atoms with Crippen molar-refractivity contribution in [2.24, 2.45) is 0 Å². The van der Waals surface area contributed by atoms with Crippen LogP contribution in [0.25, 0.3) is 0 Å². The van der Waals surface area contributed by atoms with Gasteiger partial charge in [-0.15, -0.1) is 0 Å². The number of nitrogens with one attached hydrogen (secondary N) is 1. The van der Waals surface area contributed by atoms with E-state index in [2.05, 4.69) is 26.3 Å². The summed E-state index contributed by atoms with van der Waals surface area (Å²) in [5.41, 5.74) is 0.981. The van der Waals surface area contributed by atoms with Gasteiger partial charge in [-0.2, -0.15) is 5.10 Å². The fraction of sp³-hybridized carbons (Fsp3) is 0.333. The van der Waals surface area contributed by atoms with Crippen LogP contribution in [-0.2, 0) is 21.2 Å². The zero-order chi connectivity index (χ0) is 17.9. The van der Waals surface area contributed by atoms with Crippen LogP contribution in [0.4, 0.5) is 5.69 Å². The lowest BCUT2D eigenvalue weighted by atomic mass is 10.2. The van der Waals surface area contributed by atoms with Crippen molar-refractivity contribution >= 4 is 37.4 Å². The van der Waals surface area contributed by atoms with Gasteiger partial charge in [0, 0.05) is 12.1 Å². The van der Waals surface area contributed by atoms with E-state index in [1.54, 1.807) is 10.9 Å². The molecule has 0 saturated carbocycles. The number of aromatic nitrogens is 2. The molecule has 0 atom stereocenters. The van der Waals surface area contributed by atoms with Gasteiger partial charge in [0.15, 0.2) is 9.84 Å². The first-order valence-electron chi connectivity index (χ1n) is 7.28. The highest BCUT2D eigenvalue weighted by Gasteiger charge is 2.15. The third-order valence-electron chi connectivity index (χ3n) is 3.58. The highest BCUT2D eigenvalue weighted by molar-refractivity contribution is 9.10. The van der Waals surface area contributed by atoms with Crippen LogP contribution in [0.2, 0.25) is 0 Å². The van der Waals surface area contributed by atoms with E-state index in [-0.39, 0.29) is 34.4 Å². The fourth-order valence-electron chi connectivity index (χ4n) is 2.04. The molecule has 1 amide bonds. The Bertz CT molecular complexity index is 862. The van der Waals surface area contributed by atoms with E-state index in [4.69, 9.17) is 0 Å². The Hall–Kier alpha value is -1.87. The maximum absolute atomic E-state index is 12.1. The van der Waals surface area contributed by atoms with Crippen LogP contribution in [0.1, 0.15) is 19.0 Å². The number of anilines is 1. The van der Waals surface area contributed by atoms with E-state index >= 15 is 0 Å². The summed E-state index contributed by atoms with van der Waals surface area (Å²) in [7, 11) is -3.41. The van der Waals surface area contributed by atoms with Crippen molar-refractivity contribution in [3.8, 4) is 5.75 Å². The Morgan fingerprint density at radius 3 is 2.71 bits per heavy atom. The number of carbonyl (C=O) groups excluding carboxylic acids is 1. The van der Waals surface area contributed by atoms with Gasteiger partial charge >= 0.3 is 0 Å². The molecule has 2 N–H and O–H groups in total. The smallest absolute Gasteiger partial charge is 0.226 e. The predicted octanol–water partition coefficient (Wildman–Crippen LogP) is 2.48. The number of sulfone groups is 1. The summed E-state index contributed by atoms with van der Waals surface area (Å²) in [5.74, 6) is -0.586. The Labute approximate surface area is 148 Å². The van der Waals surface area contributed by atoms with Gasteiger partial charge in [-0.3, -0.25) is 9.48 Å². The molecule has 0 radical (unpaired) electrons. The second-order valence-electron chi connectivity index (χ2n) is 5.18. The zero-order valence-corrected chi connectivity index (χ0v) is 15.7. The monoisotopic (exact) mass is 415 g/mol. The highest BCUT2D eigenvalue weighted by Crippen LogP contribution is 2.27. The second-order valence-corrected chi connectivity index (χ2v) is 8.31. The van der Waals surface area contributed by atoms with Gasteiger partial charge in [-0.05, 0) is 41.1 Å². The van der Waals surface area contributed by atoms with E-state index in [1.807, 2.05) is 6.92 Å². The normalized spacial score (nSPS) is 11.5. The van der Waals surface area contributed by atoms with Gasteiger partial charge < -0.3 is 10.4 Å². The molecule has 0 aliphatic rings. The largest absolute Gasteiger partial charge is 0.506 e. The van der Waals surface area contributed by atoms with Gasteiger partial charge in [0.25, 0.3) is 0 Å². The number of hydrogen-bond acceptors (Lipinski definition) is 5. The number of rotatable bonds is 6. The molecule has 1 aromatic carbocycles. The van der Waals surface area contributed by atoms with Crippen LogP contribution < -0.4 is 5.32 Å². The Kier molecular flexibility index (Phi) is 5.66. The number of halogens is 1. The van der Waals surface area contributed by atoms with Gasteiger partial charge in [-0.25, -0.2) is 8.42 Å². The number of aryl methyl sites for hydroxylation is 1. The molecule has 1 aromatic heterocycles. The molecule has 0 saturated heterocycles. The molecule has 24 heavy (non-hydrogen) atoms. The lowest BCUT2D eigenvalue weighted by Gasteiger charge is -2.10. The van der Waals surface area contributed by atoms with Crippen LogP contribution in [-0.4, -0.2) is 35.0 Å². The average molecular weight is 416 g/mol. The molecule has 130 valence electrons. The third-order valence-corrected chi connectivity index (χ3v) is 6.09. The summed E-state index contributed by atoms with van der Waals surface area (Å²) in [6.07, 6.45) is 1.79. The lowest BCUT2D eigenvalue weighted by Crippen LogP contribution is -2.16. The van der Waals surface area contributed by atoms with E-state index in [1.165, 1.54) is 25.1 Å². The number of carbonyl (C=O) groups is 1. The molecule has 0 bridgehead atoms. The number of hydrogen-bond donors (Lipinski definition) is 2. The van der Waals surface area contributed by atoms with Crippen molar-refractivity contribution in [3.63, 3.8) is 0 Å². The summed E-state index contributed by atoms with van der Waals surface area (Å²) in [5, 5.41) is 16.5. The average Bonchev–Trinajstić information content (AvgIpc) is 2.86. The highest BCUT2D eigenvalue weighted by atomic mass is 79.9. The zero-order valence-electron chi connectivity index (χ0n) is 13.3. The number of aromatic hydroxyl groups is 1. The van der Waals surface area contributed by atoms with Crippen LogP contribution >= 0.6 is 15.9 Å². The topological polar surface area (TPSA) is 101 Å². The number of benzene rings is 1. The molecule has 1 heterocycles. The minimum atomic E-state index is -3.41. The molecule has 0 unspecified atom stereocenters. The van der Waals surface area contributed by atoms with E-state index in [0.717, 1.165) is 10.2 Å². The second kappa shape index (κ2) is 7.35. The number of phenolic OH excluding ortho intramolecular Hbond substituents is 1. The Morgan fingerprint density at radius 2 is 2.12 bits per heavy atom. The molecule has 0 aliphatic carbocycles. The quantitative estimate of drug-likeness (QED) is 0.705. The van der Waals surface area contributed by atoms with E-state index in [0.29, 0.717) is 6.54 Å². The standard InChI is InChI=1S/C15H18BrN3O4S/c1-3-24(22,23)11-4-5-14(20)13(8-11)18-15(21)6-7-19-10(2)12(16)9-17-19/h4-5,8-9,20H,3,6-7H2,1-2H3,(H,18,21). The summed E-state index contributed by atoms with van der Waals surface area (Å²) in [4.78, 5) is 12.1. The minimum Gasteiger partial charge on any atom is -0.506 e. The number of nitrogens with zero attached hydrogens (tertiary/aromatic N) is 2. The van der Waals surface area contributed by atoms with E-state index in [9.17, 15) is 18.3 Å². The third kappa shape index (κ3) is 4.15. The first-order valence-corrected chi connectivity index (χ1v) is 9.72. The van der Waals surface area contributed by atoms with Crippen molar-refractivity contribution in [1.29, 1.82) is 0 Å². The Balaban J connectivity index is 2.08. The summed E-state index contributed by atoms with van der Waals surface area (Å²) < 4.78 is 26.3.